The molecule has 9 heteroatoms. The Morgan fingerprint density at radius 2 is 2.04 bits per heavy atom. The minimum absolute atomic E-state index is 0.201. The van der Waals surface area contributed by atoms with Crippen molar-refractivity contribution in [3.05, 3.63) is 47.4 Å². The molecule has 1 atom stereocenters. The molecule has 0 saturated heterocycles. The van der Waals surface area contributed by atoms with E-state index in [9.17, 15) is 22.3 Å². The molecule has 1 heterocycles. The summed E-state index contributed by atoms with van der Waals surface area (Å²) in [6.45, 7) is 2.38. The average molecular weight is 345 g/mol. The van der Waals surface area contributed by atoms with Gasteiger partial charge in [0.05, 0.1) is 0 Å². The van der Waals surface area contributed by atoms with Crippen molar-refractivity contribution >= 4 is 10.0 Å². The Hall–Kier alpha value is -1.84. The minimum Gasteiger partial charge on any atom is -0.384 e. The van der Waals surface area contributed by atoms with Gasteiger partial charge < -0.3 is 9.67 Å². The van der Waals surface area contributed by atoms with E-state index in [-0.39, 0.29) is 10.6 Å². The fourth-order valence-electron chi connectivity index (χ4n) is 1.99. The molecule has 0 amide bonds. The van der Waals surface area contributed by atoms with E-state index < -0.39 is 33.8 Å². The van der Waals surface area contributed by atoms with Gasteiger partial charge in [0.15, 0.2) is 5.03 Å². The molecule has 0 aliphatic carbocycles. The van der Waals surface area contributed by atoms with Crippen LogP contribution in [0.15, 0.2) is 29.4 Å². The summed E-state index contributed by atoms with van der Waals surface area (Å²) in [5.74, 6) is -1.24. The quantitative estimate of drug-likeness (QED) is 0.853. The maximum atomic E-state index is 13.8. The van der Waals surface area contributed by atoms with Gasteiger partial charge in [0, 0.05) is 31.4 Å². The lowest BCUT2D eigenvalue weighted by molar-refractivity contribution is 0.0588. The molecule has 23 heavy (non-hydrogen) atoms. The topological polar surface area (TPSA) is 84.2 Å². The highest BCUT2D eigenvalue weighted by Crippen LogP contribution is 2.24. The van der Waals surface area contributed by atoms with Crippen LogP contribution in [0.1, 0.15) is 18.3 Å². The van der Waals surface area contributed by atoms with E-state index in [0.717, 1.165) is 12.1 Å². The Labute approximate surface area is 132 Å². The number of hydrogen-bond donors (Lipinski definition) is 2. The Morgan fingerprint density at radius 1 is 1.39 bits per heavy atom. The van der Waals surface area contributed by atoms with Gasteiger partial charge in [0.25, 0.3) is 10.0 Å². The van der Waals surface area contributed by atoms with Crippen molar-refractivity contribution in [1.29, 1.82) is 0 Å². The van der Waals surface area contributed by atoms with E-state index in [0.29, 0.717) is 11.9 Å². The van der Waals surface area contributed by atoms with Gasteiger partial charge in [0.1, 0.15) is 23.1 Å². The molecule has 0 aliphatic heterocycles. The van der Waals surface area contributed by atoms with E-state index in [1.165, 1.54) is 17.7 Å². The van der Waals surface area contributed by atoms with Gasteiger partial charge in [-0.05, 0) is 19.9 Å². The number of sulfonamides is 1. The second kappa shape index (κ2) is 5.99. The summed E-state index contributed by atoms with van der Waals surface area (Å²) in [4.78, 5) is 3.89. The number of nitrogens with zero attached hydrogens (tertiary/aromatic N) is 2. The van der Waals surface area contributed by atoms with Crippen LogP contribution in [0.2, 0.25) is 0 Å². The second-order valence-corrected chi connectivity index (χ2v) is 7.17. The molecule has 0 saturated carbocycles. The summed E-state index contributed by atoms with van der Waals surface area (Å²) in [5, 5.41) is 10.1. The predicted molar refractivity (Wildman–Crippen MR) is 79.1 cm³/mol. The first-order chi connectivity index (χ1) is 10.5. The fraction of sp³-hybridized carbons (Fsp3) is 0.357. The molecule has 2 rings (SSSR count). The fourth-order valence-corrected chi connectivity index (χ4v) is 3.15. The normalized spacial score (nSPS) is 14.7. The van der Waals surface area contributed by atoms with Crippen molar-refractivity contribution in [3.63, 3.8) is 0 Å². The molecule has 0 aliphatic rings. The largest absolute Gasteiger partial charge is 0.384 e. The van der Waals surface area contributed by atoms with E-state index in [2.05, 4.69) is 9.71 Å². The molecule has 6 nitrogen and oxygen atoms in total. The highest BCUT2D eigenvalue weighted by atomic mass is 32.2. The number of aromatic nitrogens is 2. The van der Waals surface area contributed by atoms with Crippen LogP contribution in [0.3, 0.4) is 0 Å². The molecule has 0 spiro atoms. The van der Waals surface area contributed by atoms with Crippen LogP contribution in [0.5, 0.6) is 0 Å². The van der Waals surface area contributed by atoms with E-state index in [4.69, 9.17) is 0 Å². The maximum absolute atomic E-state index is 13.8. The zero-order valence-corrected chi connectivity index (χ0v) is 13.7. The lowest BCUT2D eigenvalue weighted by atomic mass is 9.96. The van der Waals surface area contributed by atoms with Gasteiger partial charge >= 0.3 is 0 Å². The summed E-state index contributed by atoms with van der Waals surface area (Å²) >= 11 is 0. The number of aliphatic hydroxyl groups is 1. The van der Waals surface area contributed by atoms with Crippen LogP contribution in [-0.2, 0) is 22.7 Å². The van der Waals surface area contributed by atoms with Crippen LogP contribution in [0.4, 0.5) is 8.78 Å². The summed E-state index contributed by atoms with van der Waals surface area (Å²) in [7, 11) is -2.32. The molecule has 0 bridgehead atoms. The Morgan fingerprint density at radius 3 is 2.57 bits per heavy atom. The lowest BCUT2D eigenvalue weighted by Gasteiger charge is -2.24. The van der Waals surface area contributed by atoms with Crippen molar-refractivity contribution in [1.82, 2.24) is 14.3 Å². The van der Waals surface area contributed by atoms with Crippen LogP contribution in [0, 0.1) is 18.6 Å². The molecule has 0 fully saturated rings. The number of aryl methyl sites for hydroxylation is 2. The smallest absolute Gasteiger partial charge is 0.259 e. The monoisotopic (exact) mass is 345 g/mol. The first-order valence-corrected chi connectivity index (χ1v) is 8.19. The van der Waals surface area contributed by atoms with Gasteiger partial charge in [-0.25, -0.2) is 26.9 Å². The summed E-state index contributed by atoms with van der Waals surface area (Å²) in [6.07, 6.45) is 1.32. The molecule has 2 aromatic rings. The second-order valence-electron chi connectivity index (χ2n) is 5.46. The van der Waals surface area contributed by atoms with Gasteiger partial charge in [-0.15, -0.1) is 0 Å². The molecule has 0 radical (unpaired) electrons. The van der Waals surface area contributed by atoms with Crippen molar-refractivity contribution in [2.24, 2.45) is 7.05 Å². The van der Waals surface area contributed by atoms with Crippen molar-refractivity contribution in [3.8, 4) is 0 Å². The van der Waals surface area contributed by atoms with Gasteiger partial charge in [-0.1, -0.05) is 6.07 Å². The van der Waals surface area contributed by atoms with Gasteiger partial charge in [-0.3, -0.25) is 0 Å². The van der Waals surface area contributed by atoms with E-state index >= 15 is 0 Å². The first-order valence-electron chi connectivity index (χ1n) is 6.70. The zero-order valence-electron chi connectivity index (χ0n) is 12.8. The summed E-state index contributed by atoms with van der Waals surface area (Å²) in [6, 6.07) is 2.69. The van der Waals surface area contributed by atoms with E-state index in [1.54, 1.807) is 14.0 Å². The molecule has 1 unspecified atom stereocenters. The minimum atomic E-state index is -3.96. The lowest BCUT2D eigenvalue weighted by Crippen LogP contribution is -2.39. The number of hydrogen-bond acceptors (Lipinski definition) is 4. The molecule has 2 N–H and O–H groups in total. The van der Waals surface area contributed by atoms with Crippen molar-refractivity contribution in [2.45, 2.75) is 24.5 Å². The number of benzene rings is 1. The third-order valence-electron chi connectivity index (χ3n) is 3.48. The van der Waals surface area contributed by atoms with Crippen molar-refractivity contribution < 1.29 is 22.3 Å². The third-order valence-corrected chi connectivity index (χ3v) is 4.75. The number of imidazole rings is 1. The standard InChI is InChI=1S/C14H17F2N3O3S/c1-9-18-13(7-19(9)3)23(21,22)17-8-14(2,20)11-5-4-10(15)6-12(11)16/h4-7,17,20H,8H2,1-3H3. The zero-order chi connectivity index (χ0) is 17.4. The van der Waals surface area contributed by atoms with Crippen LogP contribution < -0.4 is 4.72 Å². The molecular formula is C14H17F2N3O3S. The van der Waals surface area contributed by atoms with Crippen molar-refractivity contribution in [2.75, 3.05) is 6.54 Å². The van der Waals surface area contributed by atoms with Gasteiger partial charge in [-0.2, -0.15) is 0 Å². The predicted octanol–water partition coefficient (Wildman–Crippen LogP) is 1.19. The third kappa shape index (κ3) is 3.74. The Kier molecular flexibility index (Phi) is 4.56. The number of nitrogens with one attached hydrogen (secondary N) is 1. The molecular weight excluding hydrogens is 328 g/mol. The van der Waals surface area contributed by atoms with Crippen LogP contribution in [0.25, 0.3) is 0 Å². The summed E-state index contributed by atoms with van der Waals surface area (Å²) < 4.78 is 54.7. The van der Waals surface area contributed by atoms with E-state index in [1.807, 2.05) is 0 Å². The number of rotatable bonds is 5. The highest BCUT2D eigenvalue weighted by Gasteiger charge is 2.30. The molecule has 126 valence electrons. The Balaban J connectivity index is 2.21. The summed E-state index contributed by atoms with van der Waals surface area (Å²) in [5.41, 5.74) is -2.06. The van der Waals surface area contributed by atoms with Crippen LogP contribution >= 0.6 is 0 Å². The Bertz CT molecular complexity index is 812. The van der Waals surface area contributed by atoms with Gasteiger partial charge in [0.2, 0.25) is 0 Å². The maximum Gasteiger partial charge on any atom is 0.259 e. The SMILES string of the molecule is Cc1nc(S(=O)(=O)NCC(C)(O)c2ccc(F)cc2F)cn1C. The molecule has 1 aromatic carbocycles. The highest BCUT2D eigenvalue weighted by molar-refractivity contribution is 7.89. The van der Waals surface area contributed by atoms with Crippen LogP contribution in [-0.4, -0.2) is 29.6 Å². The number of halogens is 2. The average Bonchev–Trinajstić information content (AvgIpc) is 2.77. The molecule has 1 aromatic heterocycles. The first kappa shape index (κ1) is 17.5.